The second-order valence-corrected chi connectivity index (χ2v) is 5.44. The molecule has 6 heteroatoms. The zero-order chi connectivity index (χ0) is 15.0. The highest BCUT2D eigenvalue weighted by Crippen LogP contribution is 2.21. The number of carbonyl (C=O) groups is 1. The van der Waals surface area contributed by atoms with Gasteiger partial charge in [-0.15, -0.1) is 11.3 Å². The van der Waals surface area contributed by atoms with Crippen LogP contribution in [0, 0.1) is 0 Å². The van der Waals surface area contributed by atoms with Crippen LogP contribution < -0.4 is 10.9 Å². The van der Waals surface area contributed by atoms with Crippen molar-refractivity contribution in [1.82, 2.24) is 4.98 Å². The topological polar surface area (TPSA) is 76.2 Å². The van der Waals surface area contributed by atoms with Crippen LogP contribution in [0.3, 0.4) is 0 Å². The van der Waals surface area contributed by atoms with Gasteiger partial charge in [0.15, 0.2) is 0 Å². The third-order valence-electron chi connectivity index (χ3n) is 3.10. The van der Waals surface area contributed by atoms with E-state index in [9.17, 15) is 14.4 Å². The number of fused-ring (bicyclic) bond motifs is 2. The standard InChI is InChI=1S/C15H11NO4S/c1-2-20-15(19)9-7-16-11-12(17)8-5-3-4-6-10(8)21-14(11)13(9)18/h3-7H,2H2,1H3,(H,16,18). The first-order chi connectivity index (χ1) is 10.1. The monoisotopic (exact) mass is 301 g/mol. The highest BCUT2D eigenvalue weighted by atomic mass is 32.1. The fourth-order valence-electron chi connectivity index (χ4n) is 2.13. The van der Waals surface area contributed by atoms with Crippen LogP contribution in [-0.4, -0.2) is 17.6 Å². The van der Waals surface area contributed by atoms with Gasteiger partial charge in [0.05, 0.1) is 6.61 Å². The van der Waals surface area contributed by atoms with Gasteiger partial charge in [0.1, 0.15) is 15.8 Å². The van der Waals surface area contributed by atoms with E-state index in [1.54, 1.807) is 31.2 Å². The smallest absolute Gasteiger partial charge is 0.343 e. The summed E-state index contributed by atoms with van der Waals surface area (Å²) < 4.78 is 5.79. The van der Waals surface area contributed by atoms with Gasteiger partial charge in [-0.25, -0.2) is 4.79 Å². The third-order valence-corrected chi connectivity index (χ3v) is 4.27. The lowest BCUT2D eigenvalue weighted by molar-refractivity contribution is 0.0524. The number of nitrogens with one attached hydrogen (secondary N) is 1. The zero-order valence-corrected chi connectivity index (χ0v) is 12.0. The molecule has 0 bridgehead atoms. The van der Waals surface area contributed by atoms with Crippen LogP contribution in [0.1, 0.15) is 17.3 Å². The van der Waals surface area contributed by atoms with Crippen molar-refractivity contribution in [3.05, 3.63) is 56.5 Å². The van der Waals surface area contributed by atoms with E-state index in [4.69, 9.17) is 4.74 Å². The van der Waals surface area contributed by atoms with Gasteiger partial charge in [-0.05, 0) is 19.1 Å². The van der Waals surface area contributed by atoms with Crippen LogP contribution >= 0.6 is 11.3 Å². The molecule has 0 atom stereocenters. The van der Waals surface area contributed by atoms with Crippen molar-refractivity contribution >= 4 is 37.6 Å². The Morgan fingerprint density at radius 3 is 2.76 bits per heavy atom. The van der Waals surface area contributed by atoms with Gasteiger partial charge in [-0.2, -0.15) is 0 Å². The van der Waals surface area contributed by atoms with Gasteiger partial charge < -0.3 is 9.72 Å². The molecule has 0 radical (unpaired) electrons. The minimum Gasteiger partial charge on any atom is -0.462 e. The summed E-state index contributed by atoms with van der Waals surface area (Å²) in [6.45, 7) is 1.85. The summed E-state index contributed by atoms with van der Waals surface area (Å²) in [5.74, 6) is -0.687. The molecule has 0 fully saturated rings. The van der Waals surface area contributed by atoms with Crippen molar-refractivity contribution in [2.24, 2.45) is 0 Å². The number of aromatic amines is 1. The Morgan fingerprint density at radius 2 is 2.00 bits per heavy atom. The molecule has 3 rings (SSSR count). The van der Waals surface area contributed by atoms with Gasteiger partial charge in [0.2, 0.25) is 10.9 Å². The second-order valence-electron chi connectivity index (χ2n) is 4.38. The molecular formula is C15H11NO4S. The first-order valence-electron chi connectivity index (χ1n) is 6.38. The average molecular weight is 301 g/mol. The SMILES string of the molecule is CCOC(=O)c1c[nH]c2c(=O)c3ccccc3sc2c1=O. The van der Waals surface area contributed by atoms with Crippen LogP contribution in [0.4, 0.5) is 0 Å². The Balaban J connectivity index is 2.39. The number of rotatable bonds is 2. The van der Waals surface area contributed by atoms with Gasteiger partial charge in [0, 0.05) is 16.3 Å². The van der Waals surface area contributed by atoms with Crippen LogP contribution in [0.2, 0.25) is 0 Å². The Morgan fingerprint density at radius 1 is 1.24 bits per heavy atom. The lowest BCUT2D eigenvalue weighted by atomic mass is 10.2. The molecule has 0 saturated heterocycles. The molecule has 1 aromatic carbocycles. The number of esters is 1. The zero-order valence-electron chi connectivity index (χ0n) is 11.1. The number of hydrogen-bond donors (Lipinski definition) is 1. The molecule has 0 amide bonds. The number of hydrogen-bond acceptors (Lipinski definition) is 5. The summed E-state index contributed by atoms with van der Waals surface area (Å²) >= 11 is 1.19. The fraction of sp³-hybridized carbons (Fsp3) is 0.133. The second kappa shape index (κ2) is 5.14. The molecule has 0 aliphatic rings. The van der Waals surface area contributed by atoms with Crippen molar-refractivity contribution in [2.75, 3.05) is 6.61 Å². The van der Waals surface area contributed by atoms with Crippen LogP contribution in [0.25, 0.3) is 20.3 Å². The first kappa shape index (κ1) is 13.5. The maximum atomic E-state index is 12.4. The van der Waals surface area contributed by atoms with Gasteiger partial charge in [-0.1, -0.05) is 12.1 Å². The van der Waals surface area contributed by atoms with E-state index < -0.39 is 11.4 Å². The largest absolute Gasteiger partial charge is 0.462 e. The number of aromatic nitrogens is 1. The fourth-order valence-corrected chi connectivity index (χ4v) is 3.22. The van der Waals surface area contributed by atoms with Crippen molar-refractivity contribution in [2.45, 2.75) is 6.92 Å². The number of benzene rings is 1. The lowest BCUT2D eigenvalue weighted by Crippen LogP contribution is -2.19. The Bertz CT molecular complexity index is 971. The van der Waals surface area contributed by atoms with Crippen LogP contribution in [-0.2, 0) is 4.74 Å². The Kier molecular flexibility index (Phi) is 3.31. The van der Waals surface area contributed by atoms with E-state index in [2.05, 4.69) is 4.98 Å². The van der Waals surface area contributed by atoms with E-state index in [0.29, 0.717) is 10.1 Å². The van der Waals surface area contributed by atoms with Gasteiger partial charge >= 0.3 is 5.97 Å². The van der Waals surface area contributed by atoms with Crippen molar-refractivity contribution in [3.63, 3.8) is 0 Å². The lowest BCUT2D eigenvalue weighted by Gasteiger charge is -2.04. The van der Waals surface area contributed by atoms with Gasteiger partial charge in [0.25, 0.3) is 0 Å². The normalized spacial score (nSPS) is 10.9. The van der Waals surface area contributed by atoms with Gasteiger partial charge in [-0.3, -0.25) is 9.59 Å². The highest BCUT2D eigenvalue weighted by molar-refractivity contribution is 7.24. The molecule has 0 unspecified atom stereocenters. The molecule has 0 aliphatic carbocycles. The summed E-state index contributed by atoms with van der Waals surface area (Å²) in [5.41, 5.74) is -0.589. The predicted octanol–water partition coefficient (Wildman–Crippen LogP) is 2.28. The molecule has 5 nitrogen and oxygen atoms in total. The molecule has 0 aliphatic heterocycles. The van der Waals surface area contributed by atoms with E-state index in [0.717, 1.165) is 0 Å². The molecule has 2 heterocycles. The minimum absolute atomic E-state index is 0.0877. The number of H-pyrrole nitrogens is 1. The molecule has 21 heavy (non-hydrogen) atoms. The van der Waals surface area contributed by atoms with Crippen LogP contribution in [0.15, 0.2) is 40.1 Å². The molecule has 106 valence electrons. The molecular weight excluding hydrogens is 290 g/mol. The summed E-state index contributed by atoms with van der Waals surface area (Å²) in [6.07, 6.45) is 1.24. The summed E-state index contributed by atoms with van der Waals surface area (Å²) in [6, 6.07) is 7.06. The summed E-state index contributed by atoms with van der Waals surface area (Å²) in [4.78, 5) is 39.3. The molecule has 3 aromatic rings. The predicted molar refractivity (Wildman–Crippen MR) is 82.2 cm³/mol. The van der Waals surface area contributed by atoms with E-state index in [1.165, 1.54) is 17.5 Å². The summed E-state index contributed by atoms with van der Waals surface area (Å²) in [7, 11) is 0. The number of ether oxygens (including phenoxy) is 1. The first-order valence-corrected chi connectivity index (χ1v) is 7.19. The number of carbonyl (C=O) groups excluding carboxylic acids is 1. The highest BCUT2D eigenvalue weighted by Gasteiger charge is 2.16. The average Bonchev–Trinajstić information content (AvgIpc) is 2.49. The molecule has 2 aromatic heterocycles. The van der Waals surface area contributed by atoms with Crippen LogP contribution in [0.5, 0.6) is 0 Å². The van der Waals surface area contributed by atoms with E-state index in [1.807, 2.05) is 0 Å². The summed E-state index contributed by atoms with van der Waals surface area (Å²) in [5, 5.41) is 0.550. The Hall–Kier alpha value is -2.47. The van der Waals surface area contributed by atoms with Crippen molar-refractivity contribution in [1.29, 1.82) is 0 Å². The maximum absolute atomic E-state index is 12.4. The Labute approximate surface area is 122 Å². The van der Waals surface area contributed by atoms with Crippen molar-refractivity contribution < 1.29 is 9.53 Å². The van der Waals surface area contributed by atoms with E-state index >= 15 is 0 Å². The third kappa shape index (κ3) is 2.13. The molecule has 0 spiro atoms. The number of pyridine rings is 1. The molecule has 1 N–H and O–H groups in total. The molecule has 0 saturated carbocycles. The maximum Gasteiger partial charge on any atom is 0.343 e. The van der Waals surface area contributed by atoms with Crippen molar-refractivity contribution in [3.8, 4) is 0 Å². The van der Waals surface area contributed by atoms with E-state index in [-0.39, 0.29) is 27.8 Å². The quantitative estimate of drug-likeness (QED) is 0.582. The minimum atomic E-state index is -0.687.